The second-order valence-electron chi connectivity index (χ2n) is 5.73. The molecule has 1 aromatic rings. The summed E-state index contributed by atoms with van der Waals surface area (Å²) in [5, 5.41) is 6.27. The molecule has 0 atom stereocenters. The van der Waals surface area contributed by atoms with Crippen molar-refractivity contribution in [1.82, 2.24) is 10.6 Å². The van der Waals surface area contributed by atoms with Crippen molar-refractivity contribution in [2.45, 2.75) is 46.3 Å². The Hall–Kier alpha value is -2.09. The third-order valence-corrected chi connectivity index (χ3v) is 3.64. The van der Waals surface area contributed by atoms with Crippen LogP contribution < -0.4 is 20.1 Å². The highest BCUT2D eigenvalue weighted by Crippen LogP contribution is 2.32. The molecule has 0 fully saturated rings. The Morgan fingerprint density at radius 3 is 2.59 bits per heavy atom. The Morgan fingerprint density at radius 1 is 1.15 bits per heavy atom. The third-order valence-electron chi connectivity index (χ3n) is 3.64. The maximum absolute atomic E-state index is 12.8. The summed E-state index contributed by atoms with van der Waals surface area (Å²) in [7, 11) is 1.65. The Kier molecular flexibility index (Phi) is 11.9. The molecule has 1 aromatic carbocycles. The fraction of sp³-hybridized carbons (Fsp3) is 0.632. The summed E-state index contributed by atoms with van der Waals surface area (Å²) in [6, 6.07) is 5.06. The van der Waals surface area contributed by atoms with Gasteiger partial charge >= 0.3 is 6.61 Å². The summed E-state index contributed by atoms with van der Waals surface area (Å²) in [5.41, 5.74) is 0.562. The summed E-state index contributed by atoms with van der Waals surface area (Å²) < 4.78 is 41.1. The molecule has 8 heteroatoms. The van der Waals surface area contributed by atoms with Gasteiger partial charge in [0.15, 0.2) is 17.5 Å². The van der Waals surface area contributed by atoms with Gasteiger partial charge in [-0.3, -0.25) is 4.99 Å². The van der Waals surface area contributed by atoms with Crippen LogP contribution in [0.5, 0.6) is 11.5 Å². The van der Waals surface area contributed by atoms with Gasteiger partial charge in [-0.25, -0.2) is 0 Å². The van der Waals surface area contributed by atoms with Gasteiger partial charge in [-0.05, 0) is 25.8 Å². The number of guanidine groups is 1. The van der Waals surface area contributed by atoms with E-state index in [1.807, 2.05) is 0 Å². The van der Waals surface area contributed by atoms with E-state index in [0.29, 0.717) is 37.0 Å². The molecule has 2 N–H and O–H groups in total. The molecule has 0 aliphatic heterocycles. The minimum atomic E-state index is -2.92. The Morgan fingerprint density at radius 2 is 1.93 bits per heavy atom. The zero-order valence-electron chi connectivity index (χ0n) is 16.4. The van der Waals surface area contributed by atoms with Gasteiger partial charge in [-0.2, -0.15) is 8.78 Å². The van der Waals surface area contributed by atoms with E-state index in [2.05, 4.69) is 27.3 Å². The molecule has 6 nitrogen and oxygen atoms in total. The molecule has 0 aliphatic rings. The minimum absolute atomic E-state index is 0.0432. The first-order chi connectivity index (χ1) is 13.1. The number of aliphatic imine (C=N–C) groups is 1. The summed E-state index contributed by atoms with van der Waals surface area (Å²) in [5.74, 6) is 0.916. The Labute approximate surface area is 160 Å². The molecule has 0 amide bonds. The van der Waals surface area contributed by atoms with Gasteiger partial charge in [-0.15, -0.1) is 0 Å². The van der Waals surface area contributed by atoms with E-state index in [1.165, 1.54) is 0 Å². The van der Waals surface area contributed by atoms with Gasteiger partial charge < -0.3 is 24.8 Å². The van der Waals surface area contributed by atoms with Gasteiger partial charge in [0.05, 0.1) is 6.61 Å². The van der Waals surface area contributed by atoms with Crippen molar-refractivity contribution in [1.29, 1.82) is 0 Å². The lowest BCUT2D eigenvalue weighted by Crippen LogP contribution is -2.37. The topological polar surface area (TPSA) is 64.1 Å². The van der Waals surface area contributed by atoms with Gasteiger partial charge in [0, 0.05) is 38.9 Å². The highest BCUT2D eigenvalue weighted by molar-refractivity contribution is 5.79. The summed E-state index contributed by atoms with van der Waals surface area (Å²) >= 11 is 0. The van der Waals surface area contributed by atoms with E-state index in [9.17, 15) is 8.78 Å². The first-order valence-electron chi connectivity index (χ1n) is 9.34. The van der Waals surface area contributed by atoms with Crippen molar-refractivity contribution in [3.8, 4) is 11.5 Å². The van der Waals surface area contributed by atoms with E-state index in [0.717, 1.165) is 25.9 Å². The van der Waals surface area contributed by atoms with Crippen LogP contribution in [0, 0.1) is 0 Å². The number of nitrogens with one attached hydrogen (secondary N) is 2. The second-order valence-corrected chi connectivity index (χ2v) is 5.73. The first-order valence-corrected chi connectivity index (χ1v) is 9.34. The number of nitrogens with zero attached hydrogens (tertiary/aromatic N) is 1. The van der Waals surface area contributed by atoms with E-state index < -0.39 is 6.61 Å². The maximum atomic E-state index is 12.8. The lowest BCUT2D eigenvalue weighted by molar-refractivity contribution is -0.0520. The lowest BCUT2D eigenvalue weighted by Gasteiger charge is -2.17. The SMILES string of the molecule is CCCCOCCCNC(=NC)NCc1cccc(OCC)c1OC(F)F. The molecule has 154 valence electrons. The lowest BCUT2D eigenvalue weighted by atomic mass is 10.2. The van der Waals surface area contributed by atoms with Crippen LogP contribution in [0.25, 0.3) is 0 Å². The summed E-state index contributed by atoms with van der Waals surface area (Å²) in [4.78, 5) is 4.13. The molecule has 0 aliphatic carbocycles. The second kappa shape index (κ2) is 14.0. The fourth-order valence-electron chi connectivity index (χ4n) is 2.32. The monoisotopic (exact) mass is 387 g/mol. The Bertz CT molecular complexity index is 557. The fourth-order valence-corrected chi connectivity index (χ4v) is 2.32. The number of hydrogen-bond donors (Lipinski definition) is 2. The highest BCUT2D eigenvalue weighted by Gasteiger charge is 2.15. The van der Waals surface area contributed by atoms with Gasteiger partial charge in [0.25, 0.3) is 0 Å². The predicted octanol–water partition coefficient (Wildman–Crippen LogP) is 3.56. The van der Waals surface area contributed by atoms with Crippen LogP contribution in [0.1, 0.15) is 38.7 Å². The highest BCUT2D eigenvalue weighted by atomic mass is 19.3. The van der Waals surface area contributed by atoms with Crippen molar-refractivity contribution in [3.63, 3.8) is 0 Å². The van der Waals surface area contributed by atoms with Crippen molar-refractivity contribution >= 4 is 5.96 Å². The van der Waals surface area contributed by atoms with Crippen LogP contribution in [-0.4, -0.2) is 46.0 Å². The zero-order valence-corrected chi connectivity index (χ0v) is 16.4. The number of alkyl halides is 2. The van der Waals surface area contributed by atoms with Gasteiger partial charge in [-0.1, -0.05) is 25.5 Å². The maximum Gasteiger partial charge on any atom is 0.387 e. The average Bonchev–Trinajstić information content (AvgIpc) is 2.65. The van der Waals surface area contributed by atoms with Crippen molar-refractivity contribution in [2.75, 3.05) is 33.4 Å². The molecule has 0 aromatic heterocycles. The molecule has 0 saturated heterocycles. The number of ether oxygens (including phenoxy) is 3. The summed E-state index contributed by atoms with van der Waals surface area (Å²) in [6.07, 6.45) is 3.04. The average molecular weight is 387 g/mol. The van der Waals surface area contributed by atoms with Crippen molar-refractivity contribution in [2.24, 2.45) is 4.99 Å². The van der Waals surface area contributed by atoms with Crippen LogP contribution in [0.2, 0.25) is 0 Å². The smallest absolute Gasteiger partial charge is 0.387 e. The standard InChI is InChI=1S/C19H31F2N3O3/c1-4-6-12-25-13-8-11-23-19(22-3)24-14-15-9-7-10-16(26-5-2)17(15)27-18(20)21/h7,9-10,18H,4-6,8,11-14H2,1-3H3,(H2,22,23,24). The number of rotatable bonds is 13. The van der Waals surface area contributed by atoms with E-state index in [-0.39, 0.29) is 12.3 Å². The normalized spacial score (nSPS) is 11.6. The molecule has 1 rings (SSSR count). The van der Waals surface area contributed by atoms with Gasteiger partial charge in [0.2, 0.25) is 0 Å². The quantitative estimate of drug-likeness (QED) is 0.308. The molecule has 0 spiro atoms. The van der Waals surface area contributed by atoms with Crippen molar-refractivity contribution < 1.29 is 23.0 Å². The molecule has 0 bridgehead atoms. The number of para-hydroxylation sites is 1. The molecule has 0 heterocycles. The molecule has 0 saturated carbocycles. The van der Waals surface area contributed by atoms with E-state index >= 15 is 0 Å². The first kappa shape index (κ1) is 23.0. The van der Waals surface area contributed by atoms with Gasteiger partial charge in [0.1, 0.15) is 0 Å². The molecular weight excluding hydrogens is 356 g/mol. The van der Waals surface area contributed by atoms with E-state index in [4.69, 9.17) is 9.47 Å². The zero-order chi connectivity index (χ0) is 19.9. The van der Waals surface area contributed by atoms with Crippen molar-refractivity contribution in [3.05, 3.63) is 23.8 Å². The number of unbranched alkanes of at least 4 members (excludes halogenated alkanes) is 1. The van der Waals surface area contributed by atoms with Crippen LogP contribution >= 0.6 is 0 Å². The molecule has 0 unspecified atom stereocenters. The number of benzene rings is 1. The van der Waals surface area contributed by atoms with Crippen LogP contribution in [0.4, 0.5) is 8.78 Å². The summed E-state index contributed by atoms with van der Waals surface area (Å²) in [6.45, 7) is 3.80. The predicted molar refractivity (Wildman–Crippen MR) is 103 cm³/mol. The Balaban J connectivity index is 2.53. The van der Waals surface area contributed by atoms with E-state index in [1.54, 1.807) is 32.2 Å². The largest absolute Gasteiger partial charge is 0.490 e. The third kappa shape index (κ3) is 9.42. The molecule has 0 radical (unpaired) electrons. The van der Waals surface area contributed by atoms with Crippen LogP contribution in [-0.2, 0) is 11.3 Å². The number of halogens is 2. The molecule has 27 heavy (non-hydrogen) atoms. The van der Waals surface area contributed by atoms with Crippen LogP contribution in [0.3, 0.4) is 0 Å². The minimum Gasteiger partial charge on any atom is -0.490 e. The van der Waals surface area contributed by atoms with Crippen LogP contribution in [0.15, 0.2) is 23.2 Å². The molecular formula is C19H31F2N3O3. The number of hydrogen-bond acceptors (Lipinski definition) is 4.